The molecule has 2 aliphatic heterocycles. The molecule has 0 N–H and O–H groups in total. The summed E-state index contributed by atoms with van der Waals surface area (Å²) in [4.78, 5) is 11.7. The average molecular weight is 335 g/mol. The molecule has 2 aliphatic rings. The molecule has 1 aromatic carbocycles. The molecule has 0 unspecified atom stereocenters. The number of benzene rings is 1. The Balaban J connectivity index is 1.73. The lowest BCUT2D eigenvalue weighted by atomic mass is 10.1. The van der Waals surface area contributed by atoms with Crippen LogP contribution in [0.2, 0.25) is 0 Å². The Kier molecular flexibility index (Phi) is 3.09. The van der Waals surface area contributed by atoms with Crippen LogP contribution in [0.15, 0.2) is 77.0 Å². The zero-order chi connectivity index (χ0) is 15.2. The molecule has 0 saturated carbocycles. The van der Waals surface area contributed by atoms with Crippen LogP contribution in [0, 0.1) is 0 Å². The Morgan fingerprint density at radius 3 is 1.83 bits per heavy atom. The highest BCUT2D eigenvalue weighted by Gasteiger charge is 2.42. The van der Waals surface area contributed by atoms with Gasteiger partial charge < -0.3 is 4.90 Å². The molecule has 3 nitrogen and oxygen atoms in total. The van der Waals surface area contributed by atoms with Crippen molar-refractivity contribution < 1.29 is 0 Å². The van der Waals surface area contributed by atoms with Crippen molar-refractivity contribution in [2.24, 2.45) is 0 Å². The zero-order valence-electron chi connectivity index (χ0n) is 12.2. The first kappa shape index (κ1) is 13.5. The number of para-hydroxylation sites is 1. The van der Waals surface area contributed by atoms with Crippen molar-refractivity contribution in [2.45, 2.75) is 20.8 Å². The predicted molar refractivity (Wildman–Crippen MR) is 94.6 cm³/mol. The lowest BCUT2D eigenvalue weighted by Gasteiger charge is -2.46. The minimum Gasteiger partial charge on any atom is -0.338 e. The number of anilines is 1. The molecule has 0 spiro atoms. The second-order valence-corrected chi connectivity index (χ2v) is 7.62. The molecule has 112 valence electrons. The van der Waals surface area contributed by atoms with E-state index < -0.39 is 0 Å². The van der Waals surface area contributed by atoms with E-state index in [-0.39, 0.29) is 10.7 Å². The number of rotatable bonds is 1. The summed E-state index contributed by atoms with van der Waals surface area (Å²) in [5.74, 6) is 0. The Bertz CT molecular complexity index is 815. The van der Waals surface area contributed by atoms with Gasteiger partial charge in [0.1, 0.15) is 20.8 Å². The normalized spacial score (nSPS) is 21.5. The highest BCUT2D eigenvalue weighted by atomic mass is 32.2. The summed E-state index contributed by atoms with van der Waals surface area (Å²) < 4.78 is 0. The number of thioether (sulfide) groups is 2. The Labute approximate surface area is 143 Å². The molecule has 0 fully saturated rings. The molecule has 0 amide bonds. The van der Waals surface area contributed by atoms with Crippen molar-refractivity contribution >= 4 is 29.2 Å². The standard InChI is InChI=1S/C18H13N3S2/c1-2-6-12(7-3-1)21-17-13-8-4-10-19-15(13)22-18(21)14-9-5-11-20-16(14)23-17/h1-11,17-18H/t17-,18-/m0/s1. The first-order valence-electron chi connectivity index (χ1n) is 7.48. The Hall–Kier alpha value is -1.98. The van der Waals surface area contributed by atoms with Crippen LogP contribution < -0.4 is 4.90 Å². The van der Waals surface area contributed by atoms with Crippen molar-refractivity contribution in [1.29, 1.82) is 0 Å². The molecule has 23 heavy (non-hydrogen) atoms. The Morgan fingerprint density at radius 1 is 0.696 bits per heavy atom. The van der Waals surface area contributed by atoms with Gasteiger partial charge in [-0.1, -0.05) is 53.9 Å². The SMILES string of the molecule is c1ccc(N2[C@H]3Sc4ncccc4[C@@H]2Sc2ncccc23)cc1. The number of pyridine rings is 2. The highest BCUT2D eigenvalue weighted by Crippen LogP contribution is 2.60. The third kappa shape index (κ3) is 2.07. The molecule has 2 bridgehead atoms. The number of nitrogens with zero attached hydrogens (tertiary/aromatic N) is 3. The van der Waals surface area contributed by atoms with Gasteiger partial charge in [-0.3, -0.25) is 0 Å². The van der Waals surface area contributed by atoms with Crippen LogP contribution in [0.5, 0.6) is 0 Å². The second kappa shape index (κ2) is 5.28. The van der Waals surface area contributed by atoms with E-state index in [2.05, 4.69) is 57.3 Å². The maximum atomic E-state index is 4.61. The van der Waals surface area contributed by atoms with Gasteiger partial charge in [-0.25, -0.2) is 9.97 Å². The maximum Gasteiger partial charge on any atom is 0.111 e. The van der Waals surface area contributed by atoms with Crippen LogP contribution in [-0.2, 0) is 0 Å². The van der Waals surface area contributed by atoms with Crippen molar-refractivity contribution in [3.8, 4) is 0 Å². The van der Waals surface area contributed by atoms with Gasteiger partial charge in [-0.15, -0.1) is 0 Å². The number of hydrogen-bond donors (Lipinski definition) is 0. The monoisotopic (exact) mass is 335 g/mol. The molecule has 0 saturated heterocycles. The highest BCUT2D eigenvalue weighted by molar-refractivity contribution is 8.02. The maximum absolute atomic E-state index is 4.61. The van der Waals surface area contributed by atoms with Gasteiger partial charge in [0.05, 0.1) is 0 Å². The van der Waals surface area contributed by atoms with E-state index in [0.29, 0.717) is 0 Å². The fraction of sp³-hybridized carbons (Fsp3) is 0.111. The number of hydrogen-bond acceptors (Lipinski definition) is 5. The van der Waals surface area contributed by atoms with Crippen LogP contribution in [-0.4, -0.2) is 9.97 Å². The summed E-state index contributed by atoms with van der Waals surface area (Å²) in [6.45, 7) is 0. The third-order valence-electron chi connectivity index (χ3n) is 4.14. The minimum atomic E-state index is 0.217. The smallest absolute Gasteiger partial charge is 0.111 e. The van der Waals surface area contributed by atoms with Crippen molar-refractivity contribution in [3.63, 3.8) is 0 Å². The van der Waals surface area contributed by atoms with Gasteiger partial charge in [-0.2, -0.15) is 0 Å². The number of fused-ring (bicyclic) bond motifs is 6. The van der Waals surface area contributed by atoms with Crippen molar-refractivity contribution in [3.05, 3.63) is 78.1 Å². The fourth-order valence-electron chi connectivity index (χ4n) is 3.12. The van der Waals surface area contributed by atoms with Crippen LogP contribution >= 0.6 is 23.5 Å². The summed E-state index contributed by atoms with van der Waals surface area (Å²) in [6, 6.07) is 19.1. The van der Waals surface area contributed by atoms with E-state index in [0.717, 1.165) is 10.1 Å². The summed E-state index contributed by atoms with van der Waals surface area (Å²) in [6.07, 6.45) is 3.77. The van der Waals surface area contributed by atoms with Gasteiger partial charge in [0, 0.05) is 29.2 Å². The average Bonchev–Trinajstić information content (AvgIpc) is 2.62. The van der Waals surface area contributed by atoms with E-state index in [1.54, 1.807) is 0 Å². The predicted octanol–water partition coefficient (Wildman–Crippen LogP) is 4.89. The quantitative estimate of drug-likeness (QED) is 0.631. The second-order valence-electron chi connectivity index (χ2n) is 5.48. The van der Waals surface area contributed by atoms with Crippen molar-refractivity contribution in [2.75, 3.05) is 4.90 Å². The molecule has 0 aliphatic carbocycles. The zero-order valence-corrected chi connectivity index (χ0v) is 13.8. The summed E-state index contributed by atoms with van der Waals surface area (Å²) >= 11 is 3.64. The van der Waals surface area contributed by atoms with E-state index in [1.165, 1.54) is 16.8 Å². The topological polar surface area (TPSA) is 29.0 Å². The Morgan fingerprint density at radius 2 is 1.26 bits per heavy atom. The van der Waals surface area contributed by atoms with E-state index in [9.17, 15) is 0 Å². The molecule has 2 aromatic heterocycles. The van der Waals surface area contributed by atoms with Crippen LogP contribution in [0.25, 0.3) is 0 Å². The molecule has 3 aromatic rings. The van der Waals surface area contributed by atoms with Crippen LogP contribution in [0.4, 0.5) is 5.69 Å². The van der Waals surface area contributed by atoms with Gasteiger partial charge in [0.15, 0.2) is 0 Å². The largest absolute Gasteiger partial charge is 0.338 e. The molecular weight excluding hydrogens is 322 g/mol. The van der Waals surface area contributed by atoms with E-state index in [1.807, 2.05) is 48.1 Å². The molecule has 0 radical (unpaired) electrons. The van der Waals surface area contributed by atoms with E-state index in [4.69, 9.17) is 0 Å². The third-order valence-corrected chi connectivity index (χ3v) is 6.68. The molecular formula is C18H13N3S2. The first-order valence-corrected chi connectivity index (χ1v) is 9.24. The first-order chi connectivity index (χ1) is 11.4. The lowest BCUT2D eigenvalue weighted by Crippen LogP contribution is -2.36. The minimum absolute atomic E-state index is 0.217. The molecule has 4 heterocycles. The van der Waals surface area contributed by atoms with Crippen LogP contribution in [0.1, 0.15) is 21.9 Å². The molecule has 2 atom stereocenters. The van der Waals surface area contributed by atoms with Crippen LogP contribution in [0.3, 0.4) is 0 Å². The van der Waals surface area contributed by atoms with E-state index >= 15 is 0 Å². The summed E-state index contributed by atoms with van der Waals surface area (Å²) in [5, 5.41) is 2.71. The van der Waals surface area contributed by atoms with Gasteiger partial charge in [0.25, 0.3) is 0 Å². The van der Waals surface area contributed by atoms with Gasteiger partial charge in [0.2, 0.25) is 0 Å². The fourth-order valence-corrected chi connectivity index (χ4v) is 6.00. The summed E-state index contributed by atoms with van der Waals surface area (Å²) in [7, 11) is 0. The molecule has 5 heteroatoms. The van der Waals surface area contributed by atoms with Crippen molar-refractivity contribution in [1.82, 2.24) is 9.97 Å². The van der Waals surface area contributed by atoms with Gasteiger partial charge in [-0.05, 0) is 24.3 Å². The summed E-state index contributed by atoms with van der Waals surface area (Å²) in [5.41, 5.74) is 3.80. The van der Waals surface area contributed by atoms with Gasteiger partial charge >= 0.3 is 0 Å². The molecule has 5 rings (SSSR count). The number of aromatic nitrogens is 2. The lowest BCUT2D eigenvalue weighted by molar-refractivity contribution is 0.693.